The van der Waals surface area contributed by atoms with Crippen molar-refractivity contribution >= 4 is 5.91 Å². The molecule has 4 heteroatoms. The molecule has 1 amide bonds. The van der Waals surface area contributed by atoms with Crippen molar-refractivity contribution in [2.75, 3.05) is 27.3 Å². The van der Waals surface area contributed by atoms with Crippen LogP contribution in [0.3, 0.4) is 0 Å². The molecule has 1 aliphatic heterocycles. The van der Waals surface area contributed by atoms with E-state index in [2.05, 4.69) is 17.4 Å². The highest BCUT2D eigenvalue weighted by Gasteiger charge is 2.25. The summed E-state index contributed by atoms with van der Waals surface area (Å²) in [5.74, 6) is 0.140. The monoisotopic (exact) mass is 248 g/mol. The first kappa shape index (κ1) is 13.1. The third-order valence-electron chi connectivity index (χ3n) is 3.39. The number of carbonyl (C=O) groups excluding carboxylic acids is 1. The Morgan fingerprint density at radius 3 is 2.89 bits per heavy atom. The van der Waals surface area contributed by atoms with Crippen LogP contribution < -0.4 is 5.32 Å². The van der Waals surface area contributed by atoms with E-state index in [0.717, 1.165) is 13.0 Å². The van der Waals surface area contributed by atoms with Crippen LogP contribution >= 0.6 is 0 Å². The SMILES string of the molecule is COCCN(C)C(=O)C1Cc2ccccc2CN1. The highest BCUT2D eigenvalue weighted by atomic mass is 16.5. The van der Waals surface area contributed by atoms with E-state index < -0.39 is 0 Å². The summed E-state index contributed by atoms with van der Waals surface area (Å²) < 4.78 is 4.99. The van der Waals surface area contributed by atoms with Gasteiger partial charge in [0.25, 0.3) is 0 Å². The number of hydrogen-bond acceptors (Lipinski definition) is 3. The first-order chi connectivity index (χ1) is 8.72. The topological polar surface area (TPSA) is 41.6 Å². The second-order valence-electron chi connectivity index (χ2n) is 4.66. The zero-order valence-corrected chi connectivity index (χ0v) is 11.0. The third kappa shape index (κ3) is 2.89. The second-order valence-corrected chi connectivity index (χ2v) is 4.66. The van der Waals surface area contributed by atoms with Crippen LogP contribution in [0.1, 0.15) is 11.1 Å². The third-order valence-corrected chi connectivity index (χ3v) is 3.39. The van der Waals surface area contributed by atoms with Crippen molar-refractivity contribution in [3.8, 4) is 0 Å². The molecular weight excluding hydrogens is 228 g/mol. The lowest BCUT2D eigenvalue weighted by Crippen LogP contribution is -2.48. The summed E-state index contributed by atoms with van der Waals surface area (Å²) in [5.41, 5.74) is 2.57. The average molecular weight is 248 g/mol. The van der Waals surface area contributed by atoms with Gasteiger partial charge in [0.1, 0.15) is 0 Å². The van der Waals surface area contributed by atoms with E-state index in [1.54, 1.807) is 12.0 Å². The Kier molecular flexibility index (Phi) is 4.33. The minimum atomic E-state index is -0.109. The lowest BCUT2D eigenvalue weighted by molar-refractivity contribution is -0.132. The van der Waals surface area contributed by atoms with Crippen LogP contribution in [-0.2, 0) is 22.5 Å². The van der Waals surface area contributed by atoms with Gasteiger partial charge >= 0.3 is 0 Å². The van der Waals surface area contributed by atoms with Crippen molar-refractivity contribution in [3.05, 3.63) is 35.4 Å². The Morgan fingerprint density at radius 1 is 1.44 bits per heavy atom. The smallest absolute Gasteiger partial charge is 0.239 e. The van der Waals surface area contributed by atoms with E-state index in [1.807, 2.05) is 19.2 Å². The first-order valence-corrected chi connectivity index (χ1v) is 6.26. The first-order valence-electron chi connectivity index (χ1n) is 6.26. The van der Waals surface area contributed by atoms with Gasteiger partial charge in [-0.25, -0.2) is 0 Å². The largest absolute Gasteiger partial charge is 0.383 e. The van der Waals surface area contributed by atoms with E-state index in [9.17, 15) is 4.79 Å². The number of carbonyl (C=O) groups is 1. The predicted octanol–water partition coefficient (Wildman–Crippen LogP) is 0.806. The molecule has 0 aliphatic carbocycles. The summed E-state index contributed by atoms with van der Waals surface area (Å²) in [4.78, 5) is 14.0. The molecule has 0 aromatic heterocycles. The van der Waals surface area contributed by atoms with Crippen molar-refractivity contribution in [1.29, 1.82) is 0 Å². The number of ether oxygens (including phenoxy) is 1. The molecule has 1 aliphatic rings. The van der Waals surface area contributed by atoms with Crippen LogP contribution in [0, 0.1) is 0 Å². The van der Waals surface area contributed by atoms with Crippen molar-refractivity contribution in [3.63, 3.8) is 0 Å². The maximum atomic E-state index is 12.2. The summed E-state index contributed by atoms with van der Waals surface area (Å²) in [5, 5.41) is 3.30. The molecule has 18 heavy (non-hydrogen) atoms. The highest BCUT2D eigenvalue weighted by molar-refractivity contribution is 5.82. The quantitative estimate of drug-likeness (QED) is 0.857. The fourth-order valence-electron chi connectivity index (χ4n) is 2.23. The Hall–Kier alpha value is -1.39. The number of methoxy groups -OCH3 is 1. The van der Waals surface area contributed by atoms with E-state index in [0.29, 0.717) is 13.2 Å². The minimum absolute atomic E-state index is 0.109. The molecule has 2 rings (SSSR count). The number of rotatable bonds is 4. The molecule has 0 fully saturated rings. The molecule has 0 radical (unpaired) electrons. The summed E-state index contributed by atoms with van der Waals surface area (Å²) in [6.45, 7) is 1.98. The lowest BCUT2D eigenvalue weighted by atomic mass is 9.95. The summed E-state index contributed by atoms with van der Waals surface area (Å²) in [7, 11) is 3.47. The standard InChI is InChI=1S/C14H20N2O2/c1-16(7-8-18-2)14(17)13-9-11-5-3-4-6-12(11)10-15-13/h3-6,13,15H,7-10H2,1-2H3. The molecule has 0 spiro atoms. The van der Waals surface area contributed by atoms with Crippen LogP contribution in [0.4, 0.5) is 0 Å². The van der Waals surface area contributed by atoms with Crippen molar-refractivity contribution in [2.24, 2.45) is 0 Å². The number of amides is 1. The van der Waals surface area contributed by atoms with Gasteiger partial charge in [-0.1, -0.05) is 24.3 Å². The van der Waals surface area contributed by atoms with E-state index in [1.165, 1.54) is 11.1 Å². The zero-order chi connectivity index (χ0) is 13.0. The number of likely N-dealkylation sites (N-methyl/N-ethyl adjacent to an activating group) is 1. The number of nitrogens with one attached hydrogen (secondary N) is 1. The Labute approximate surface area is 108 Å². The predicted molar refractivity (Wildman–Crippen MR) is 70.3 cm³/mol. The van der Waals surface area contributed by atoms with Crippen molar-refractivity contribution in [2.45, 2.75) is 19.0 Å². The van der Waals surface area contributed by atoms with Gasteiger partial charge in [-0.05, 0) is 17.5 Å². The molecule has 1 unspecified atom stereocenters. The molecular formula is C14H20N2O2. The van der Waals surface area contributed by atoms with Crippen LogP contribution in [0.2, 0.25) is 0 Å². The van der Waals surface area contributed by atoms with Gasteiger partial charge in [-0.15, -0.1) is 0 Å². The summed E-state index contributed by atoms with van der Waals surface area (Å²) in [6, 6.07) is 8.17. The minimum Gasteiger partial charge on any atom is -0.383 e. The van der Waals surface area contributed by atoms with Gasteiger partial charge in [0.05, 0.1) is 12.6 Å². The maximum absolute atomic E-state index is 12.2. The van der Waals surface area contributed by atoms with E-state index in [4.69, 9.17) is 4.74 Å². The van der Waals surface area contributed by atoms with Gasteiger partial charge in [0, 0.05) is 27.2 Å². The molecule has 4 nitrogen and oxygen atoms in total. The fraction of sp³-hybridized carbons (Fsp3) is 0.500. The lowest BCUT2D eigenvalue weighted by Gasteiger charge is -2.28. The van der Waals surface area contributed by atoms with Gasteiger partial charge in [-0.3, -0.25) is 4.79 Å². The van der Waals surface area contributed by atoms with Gasteiger partial charge in [0.15, 0.2) is 0 Å². The van der Waals surface area contributed by atoms with E-state index in [-0.39, 0.29) is 11.9 Å². The van der Waals surface area contributed by atoms with Crippen LogP contribution in [0.25, 0.3) is 0 Å². The van der Waals surface area contributed by atoms with Crippen molar-refractivity contribution in [1.82, 2.24) is 10.2 Å². The number of fused-ring (bicyclic) bond motifs is 1. The molecule has 0 saturated heterocycles. The fourth-order valence-corrected chi connectivity index (χ4v) is 2.23. The molecule has 1 aromatic rings. The Bertz CT molecular complexity index is 420. The highest BCUT2D eigenvalue weighted by Crippen LogP contribution is 2.17. The van der Waals surface area contributed by atoms with Gasteiger partial charge < -0.3 is 15.0 Å². The van der Waals surface area contributed by atoms with Gasteiger partial charge in [-0.2, -0.15) is 0 Å². The Morgan fingerprint density at radius 2 is 2.17 bits per heavy atom. The molecule has 98 valence electrons. The molecule has 0 bridgehead atoms. The molecule has 1 N–H and O–H groups in total. The number of benzene rings is 1. The molecule has 1 atom stereocenters. The maximum Gasteiger partial charge on any atom is 0.239 e. The summed E-state index contributed by atoms with van der Waals surface area (Å²) >= 11 is 0. The van der Waals surface area contributed by atoms with Crippen LogP contribution in [0.15, 0.2) is 24.3 Å². The summed E-state index contributed by atoms with van der Waals surface area (Å²) in [6.07, 6.45) is 0.770. The van der Waals surface area contributed by atoms with E-state index >= 15 is 0 Å². The Balaban J connectivity index is 1.98. The normalized spacial score (nSPS) is 18.2. The van der Waals surface area contributed by atoms with Crippen LogP contribution in [-0.4, -0.2) is 44.2 Å². The number of hydrogen-bond donors (Lipinski definition) is 1. The van der Waals surface area contributed by atoms with Crippen LogP contribution in [0.5, 0.6) is 0 Å². The number of nitrogens with zero attached hydrogens (tertiary/aromatic N) is 1. The molecule has 1 heterocycles. The molecule has 0 saturated carbocycles. The second kappa shape index (κ2) is 5.98. The van der Waals surface area contributed by atoms with Gasteiger partial charge in [0.2, 0.25) is 5.91 Å². The zero-order valence-electron chi connectivity index (χ0n) is 11.0. The van der Waals surface area contributed by atoms with Crippen molar-refractivity contribution < 1.29 is 9.53 Å². The average Bonchev–Trinajstić information content (AvgIpc) is 2.43. The molecule has 1 aromatic carbocycles.